The summed E-state index contributed by atoms with van der Waals surface area (Å²) in [5.74, 6) is 0.513. The van der Waals surface area contributed by atoms with Gasteiger partial charge in [0.05, 0.1) is 5.41 Å². The predicted octanol–water partition coefficient (Wildman–Crippen LogP) is 6.36. The van der Waals surface area contributed by atoms with E-state index < -0.39 is 5.41 Å². The van der Waals surface area contributed by atoms with Gasteiger partial charge >= 0.3 is 0 Å². The van der Waals surface area contributed by atoms with Crippen LogP contribution in [0, 0.1) is 0 Å². The van der Waals surface area contributed by atoms with Crippen LogP contribution in [0.2, 0.25) is 0 Å². The molecule has 2 atom stereocenters. The van der Waals surface area contributed by atoms with Crippen molar-refractivity contribution in [2.24, 2.45) is 0 Å². The Morgan fingerprint density at radius 1 is 0.806 bits per heavy atom. The minimum Gasteiger partial charge on any atom is -0.351 e. The second-order valence-corrected chi connectivity index (χ2v) is 8.62. The normalized spacial score (nSPS) is 20.6. The first-order valence-corrected chi connectivity index (χ1v) is 11.1. The molecule has 0 spiro atoms. The van der Waals surface area contributed by atoms with Crippen LogP contribution in [0.4, 0.5) is 0 Å². The Labute approximate surface area is 183 Å². The van der Waals surface area contributed by atoms with Gasteiger partial charge in [0.1, 0.15) is 0 Å². The summed E-state index contributed by atoms with van der Waals surface area (Å²) in [4.78, 5) is 13.7. The highest BCUT2D eigenvalue weighted by Crippen LogP contribution is 2.49. The zero-order valence-electron chi connectivity index (χ0n) is 17.6. The SMILES string of the molecule is O=C(NCc1ccccc1)[C@]1(c2ccccc2)CC[C@H](c2cccc3ccccc23)C1. The van der Waals surface area contributed by atoms with Crippen LogP contribution in [-0.2, 0) is 16.8 Å². The number of amides is 1. The summed E-state index contributed by atoms with van der Waals surface area (Å²) in [5.41, 5.74) is 3.13. The molecule has 154 valence electrons. The van der Waals surface area contributed by atoms with E-state index in [2.05, 4.69) is 72.0 Å². The van der Waals surface area contributed by atoms with Gasteiger partial charge in [0, 0.05) is 6.54 Å². The quantitative estimate of drug-likeness (QED) is 0.411. The molecule has 1 N–H and O–H groups in total. The van der Waals surface area contributed by atoms with E-state index in [0.29, 0.717) is 12.5 Å². The van der Waals surface area contributed by atoms with Gasteiger partial charge in [-0.05, 0) is 52.6 Å². The maximum Gasteiger partial charge on any atom is 0.230 e. The van der Waals surface area contributed by atoms with Gasteiger partial charge in [-0.25, -0.2) is 0 Å². The smallest absolute Gasteiger partial charge is 0.230 e. The third-order valence-electron chi connectivity index (χ3n) is 6.83. The van der Waals surface area contributed by atoms with E-state index >= 15 is 0 Å². The summed E-state index contributed by atoms with van der Waals surface area (Å²) in [6.45, 7) is 0.563. The van der Waals surface area contributed by atoms with Crippen molar-refractivity contribution in [1.82, 2.24) is 5.32 Å². The molecule has 1 aliphatic carbocycles. The standard InChI is InChI=1S/C29H27NO/c31-28(30-21-22-10-3-1-4-11-22)29(25-14-5-2-6-15-25)19-18-24(20-29)27-17-9-13-23-12-7-8-16-26(23)27/h1-17,24H,18-21H2,(H,30,31)/t24-,29+/m0/s1. The number of fused-ring (bicyclic) bond motifs is 1. The topological polar surface area (TPSA) is 29.1 Å². The monoisotopic (exact) mass is 405 g/mol. The van der Waals surface area contributed by atoms with Crippen LogP contribution in [0.15, 0.2) is 103 Å². The molecule has 0 heterocycles. The van der Waals surface area contributed by atoms with Gasteiger partial charge in [0.25, 0.3) is 0 Å². The molecule has 4 aromatic rings. The molecule has 31 heavy (non-hydrogen) atoms. The number of carbonyl (C=O) groups excluding carboxylic acids is 1. The van der Waals surface area contributed by atoms with Gasteiger partial charge in [-0.2, -0.15) is 0 Å². The molecule has 0 aliphatic heterocycles. The molecule has 0 radical (unpaired) electrons. The number of carbonyl (C=O) groups is 1. The van der Waals surface area contributed by atoms with E-state index in [0.717, 1.165) is 30.4 Å². The van der Waals surface area contributed by atoms with E-state index in [4.69, 9.17) is 0 Å². The molecule has 4 aromatic carbocycles. The Morgan fingerprint density at radius 2 is 1.48 bits per heavy atom. The Bertz CT molecular complexity index is 1180. The molecule has 1 saturated carbocycles. The number of hydrogen-bond acceptors (Lipinski definition) is 1. The van der Waals surface area contributed by atoms with Crippen molar-refractivity contribution in [3.8, 4) is 0 Å². The van der Waals surface area contributed by atoms with Gasteiger partial charge in [0.2, 0.25) is 5.91 Å². The minimum absolute atomic E-state index is 0.144. The highest BCUT2D eigenvalue weighted by atomic mass is 16.2. The average Bonchev–Trinajstić information content (AvgIpc) is 3.30. The molecule has 1 fully saturated rings. The fourth-order valence-electron chi connectivity index (χ4n) is 5.22. The predicted molar refractivity (Wildman–Crippen MR) is 127 cm³/mol. The van der Waals surface area contributed by atoms with E-state index in [1.165, 1.54) is 16.3 Å². The first-order chi connectivity index (χ1) is 15.3. The van der Waals surface area contributed by atoms with E-state index in [9.17, 15) is 4.79 Å². The van der Waals surface area contributed by atoms with Gasteiger partial charge in [-0.15, -0.1) is 0 Å². The molecule has 0 bridgehead atoms. The third-order valence-corrected chi connectivity index (χ3v) is 6.83. The molecule has 5 rings (SSSR count). The van der Waals surface area contributed by atoms with E-state index in [1.54, 1.807) is 0 Å². The molecule has 1 amide bonds. The number of nitrogens with one attached hydrogen (secondary N) is 1. The molecular weight excluding hydrogens is 378 g/mol. The van der Waals surface area contributed by atoms with Gasteiger partial charge in [-0.3, -0.25) is 4.79 Å². The van der Waals surface area contributed by atoms with E-state index in [1.807, 2.05) is 36.4 Å². The summed E-state index contributed by atoms with van der Waals surface area (Å²) >= 11 is 0. The zero-order valence-corrected chi connectivity index (χ0v) is 17.6. The largest absolute Gasteiger partial charge is 0.351 e. The maximum atomic E-state index is 13.7. The van der Waals surface area contributed by atoms with Crippen LogP contribution < -0.4 is 5.32 Å². The Morgan fingerprint density at radius 3 is 2.29 bits per heavy atom. The Hall–Kier alpha value is -3.39. The van der Waals surface area contributed by atoms with E-state index in [-0.39, 0.29) is 5.91 Å². The first-order valence-electron chi connectivity index (χ1n) is 11.1. The molecule has 0 aromatic heterocycles. The summed E-state index contributed by atoms with van der Waals surface area (Å²) in [5, 5.41) is 5.83. The van der Waals surface area contributed by atoms with Crippen molar-refractivity contribution < 1.29 is 4.79 Å². The number of hydrogen-bond donors (Lipinski definition) is 1. The molecule has 0 unspecified atom stereocenters. The average molecular weight is 406 g/mol. The molecule has 0 saturated heterocycles. The Balaban J connectivity index is 1.47. The van der Waals surface area contributed by atoms with Crippen LogP contribution in [-0.4, -0.2) is 5.91 Å². The minimum atomic E-state index is -0.488. The highest BCUT2D eigenvalue weighted by molar-refractivity contribution is 5.90. The summed E-state index contributed by atoms with van der Waals surface area (Å²) in [6, 6.07) is 35.7. The molecule has 2 heteroatoms. The van der Waals surface area contributed by atoms with Crippen molar-refractivity contribution >= 4 is 16.7 Å². The number of benzene rings is 4. The van der Waals surface area contributed by atoms with Crippen LogP contribution >= 0.6 is 0 Å². The van der Waals surface area contributed by atoms with Gasteiger partial charge < -0.3 is 5.32 Å². The Kier molecular flexibility index (Phi) is 5.30. The summed E-state index contributed by atoms with van der Waals surface area (Å²) < 4.78 is 0. The fourth-order valence-corrected chi connectivity index (χ4v) is 5.22. The van der Waals surface area contributed by atoms with Crippen LogP contribution in [0.5, 0.6) is 0 Å². The van der Waals surface area contributed by atoms with Gasteiger partial charge in [-0.1, -0.05) is 103 Å². The second kappa shape index (κ2) is 8.39. The van der Waals surface area contributed by atoms with Gasteiger partial charge in [0.15, 0.2) is 0 Å². The maximum absolute atomic E-state index is 13.7. The summed E-state index contributed by atoms with van der Waals surface area (Å²) in [7, 11) is 0. The molecular formula is C29H27NO. The highest BCUT2D eigenvalue weighted by Gasteiger charge is 2.46. The van der Waals surface area contributed by atoms with Crippen LogP contribution in [0.3, 0.4) is 0 Å². The van der Waals surface area contributed by atoms with Crippen molar-refractivity contribution in [1.29, 1.82) is 0 Å². The number of rotatable bonds is 5. The van der Waals surface area contributed by atoms with Crippen molar-refractivity contribution in [3.05, 3.63) is 120 Å². The first kappa shape index (κ1) is 19.6. The molecule has 2 nitrogen and oxygen atoms in total. The lowest BCUT2D eigenvalue weighted by Gasteiger charge is -2.29. The lowest BCUT2D eigenvalue weighted by Crippen LogP contribution is -2.42. The van der Waals surface area contributed by atoms with Crippen LogP contribution in [0.1, 0.15) is 41.9 Å². The zero-order chi connectivity index (χ0) is 21.1. The second-order valence-electron chi connectivity index (χ2n) is 8.62. The lowest BCUT2D eigenvalue weighted by atomic mass is 9.76. The van der Waals surface area contributed by atoms with Crippen molar-refractivity contribution in [2.75, 3.05) is 0 Å². The third kappa shape index (κ3) is 3.74. The van der Waals surface area contributed by atoms with Crippen molar-refractivity contribution in [3.63, 3.8) is 0 Å². The van der Waals surface area contributed by atoms with Crippen molar-refractivity contribution in [2.45, 2.75) is 37.1 Å². The fraction of sp³-hybridized carbons (Fsp3) is 0.207. The summed E-state index contributed by atoms with van der Waals surface area (Å²) in [6.07, 6.45) is 2.72. The molecule has 1 aliphatic rings. The lowest BCUT2D eigenvalue weighted by molar-refractivity contribution is -0.126. The van der Waals surface area contributed by atoms with Crippen LogP contribution in [0.25, 0.3) is 10.8 Å².